The number of methoxy groups -OCH3 is 1. The zero-order chi connectivity index (χ0) is 10.8. The Labute approximate surface area is 85.5 Å². The maximum Gasteiger partial charge on any atom is 0.394 e. The number of esters is 1. The van der Waals surface area contributed by atoms with Gasteiger partial charge in [0.15, 0.2) is 0 Å². The number of carbonyl (C=O) groups is 1. The van der Waals surface area contributed by atoms with Crippen molar-refractivity contribution in [3.05, 3.63) is 24.4 Å². The summed E-state index contributed by atoms with van der Waals surface area (Å²) in [4.78, 5) is 15.1. The molecule has 0 aromatic carbocycles. The SMILES string of the molecule is COC(=O)c1nc(-c2ccnn2C)co1. The molecule has 0 aliphatic rings. The smallest absolute Gasteiger partial charge is 0.394 e. The highest BCUT2D eigenvalue weighted by molar-refractivity contribution is 5.84. The summed E-state index contributed by atoms with van der Waals surface area (Å²) >= 11 is 0. The van der Waals surface area contributed by atoms with E-state index in [1.54, 1.807) is 24.0 Å². The number of ether oxygens (including phenoxy) is 1. The van der Waals surface area contributed by atoms with Gasteiger partial charge in [0, 0.05) is 13.2 Å². The van der Waals surface area contributed by atoms with E-state index in [-0.39, 0.29) is 5.89 Å². The molecule has 15 heavy (non-hydrogen) atoms. The lowest BCUT2D eigenvalue weighted by Gasteiger charge is -1.94. The Morgan fingerprint density at radius 2 is 2.40 bits per heavy atom. The normalized spacial score (nSPS) is 10.3. The van der Waals surface area contributed by atoms with Gasteiger partial charge in [-0.3, -0.25) is 4.68 Å². The van der Waals surface area contributed by atoms with E-state index in [0.717, 1.165) is 5.69 Å². The fourth-order valence-corrected chi connectivity index (χ4v) is 1.20. The standard InChI is InChI=1S/C9H9N3O3/c1-12-7(3-4-10-12)6-5-15-8(11-6)9(13)14-2/h3-5H,1-2H3. The molecule has 6 nitrogen and oxygen atoms in total. The fraction of sp³-hybridized carbons (Fsp3) is 0.222. The first-order valence-electron chi connectivity index (χ1n) is 4.24. The van der Waals surface area contributed by atoms with Crippen molar-refractivity contribution in [2.45, 2.75) is 0 Å². The van der Waals surface area contributed by atoms with Crippen LogP contribution in [0.1, 0.15) is 10.7 Å². The monoisotopic (exact) mass is 207 g/mol. The van der Waals surface area contributed by atoms with E-state index < -0.39 is 5.97 Å². The molecular weight excluding hydrogens is 198 g/mol. The molecule has 6 heteroatoms. The molecule has 0 saturated carbocycles. The van der Waals surface area contributed by atoms with Crippen LogP contribution in [0.2, 0.25) is 0 Å². The minimum absolute atomic E-state index is 0.0614. The molecule has 0 radical (unpaired) electrons. The van der Waals surface area contributed by atoms with Gasteiger partial charge >= 0.3 is 11.9 Å². The van der Waals surface area contributed by atoms with Crippen molar-refractivity contribution in [1.29, 1.82) is 0 Å². The van der Waals surface area contributed by atoms with Crippen LogP contribution in [0.25, 0.3) is 11.4 Å². The predicted octanol–water partition coefficient (Wildman–Crippen LogP) is 0.862. The molecule has 0 amide bonds. The van der Waals surface area contributed by atoms with Crippen molar-refractivity contribution in [3.8, 4) is 11.4 Å². The number of hydrogen-bond acceptors (Lipinski definition) is 5. The zero-order valence-electron chi connectivity index (χ0n) is 8.30. The zero-order valence-corrected chi connectivity index (χ0v) is 8.30. The molecule has 0 bridgehead atoms. The first kappa shape index (κ1) is 9.45. The predicted molar refractivity (Wildman–Crippen MR) is 50.0 cm³/mol. The van der Waals surface area contributed by atoms with Crippen LogP contribution in [-0.2, 0) is 11.8 Å². The van der Waals surface area contributed by atoms with Crippen LogP contribution in [0.5, 0.6) is 0 Å². The van der Waals surface area contributed by atoms with Crippen LogP contribution < -0.4 is 0 Å². The first-order valence-corrected chi connectivity index (χ1v) is 4.24. The molecule has 0 atom stereocenters. The number of carbonyl (C=O) groups excluding carboxylic acids is 1. The molecule has 0 unspecified atom stereocenters. The lowest BCUT2D eigenvalue weighted by Crippen LogP contribution is -2.01. The molecule has 2 heterocycles. The highest BCUT2D eigenvalue weighted by atomic mass is 16.5. The molecule has 2 aromatic rings. The van der Waals surface area contributed by atoms with Gasteiger partial charge in [-0.15, -0.1) is 0 Å². The summed E-state index contributed by atoms with van der Waals surface area (Å²) in [7, 11) is 3.05. The second-order valence-electron chi connectivity index (χ2n) is 2.87. The summed E-state index contributed by atoms with van der Waals surface area (Å²) in [5, 5.41) is 3.99. The van der Waals surface area contributed by atoms with Crippen molar-refractivity contribution in [3.63, 3.8) is 0 Å². The van der Waals surface area contributed by atoms with Crippen molar-refractivity contribution in [2.75, 3.05) is 7.11 Å². The molecule has 0 saturated heterocycles. The van der Waals surface area contributed by atoms with Crippen molar-refractivity contribution in [2.24, 2.45) is 7.05 Å². The maximum absolute atomic E-state index is 11.1. The van der Waals surface area contributed by atoms with Crippen LogP contribution in [0.4, 0.5) is 0 Å². The van der Waals surface area contributed by atoms with Crippen molar-refractivity contribution in [1.82, 2.24) is 14.8 Å². The first-order chi connectivity index (χ1) is 7.22. The molecule has 0 fully saturated rings. The summed E-state index contributed by atoms with van der Waals surface area (Å²) < 4.78 is 11.1. The van der Waals surface area contributed by atoms with Gasteiger partial charge in [0.1, 0.15) is 12.0 Å². The quantitative estimate of drug-likeness (QED) is 0.683. The van der Waals surface area contributed by atoms with Gasteiger partial charge in [-0.1, -0.05) is 0 Å². The highest BCUT2D eigenvalue weighted by Gasteiger charge is 2.15. The van der Waals surface area contributed by atoms with Crippen LogP contribution in [-0.4, -0.2) is 27.8 Å². The minimum atomic E-state index is -0.594. The van der Waals surface area contributed by atoms with Crippen LogP contribution in [0.15, 0.2) is 22.9 Å². The number of aryl methyl sites for hydroxylation is 1. The van der Waals surface area contributed by atoms with E-state index in [0.29, 0.717) is 5.69 Å². The lowest BCUT2D eigenvalue weighted by atomic mass is 10.3. The number of aromatic nitrogens is 3. The van der Waals surface area contributed by atoms with Gasteiger partial charge in [0.25, 0.3) is 0 Å². The third kappa shape index (κ3) is 1.61. The Hall–Kier alpha value is -2.11. The summed E-state index contributed by atoms with van der Waals surface area (Å²) in [6.07, 6.45) is 3.03. The van der Waals surface area contributed by atoms with E-state index in [1.165, 1.54) is 13.4 Å². The number of rotatable bonds is 2. The van der Waals surface area contributed by atoms with Gasteiger partial charge in [0.05, 0.1) is 12.8 Å². The number of oxazole rings is 1. The van der Waals surface area contributed by atoms with Crippen LogP contribution in [0, 0.1) is 0 Å². The topological polar surface area (TPSA) is 70.2 Å². The number of hydrogen-bond donors (Lipinski definition) is 0. The van der Waals surface area contributed by atoms with E-state index in [4.69, 9.17) is 4.42 Å². The average molecular weight is 207 g/mol. The molecule has 0 aliphatic carbocycles. The second-order valence-corrected chi connectivity index (χ2v) is 2.87. The van der Waals surface area contributed by atoms with Gasteiger partial charge in [-0.2, -0.15) is 5.10 Å². The Bertz CT molecular complexity index is 486. The third-order valence-electron chi connectivity index (χ3n) is 1.95. The van der Waals surface area contributed by atoms with E-state index in [9.17, 15) is 4.79 Å². The van der Waals surface area contributed by atoms with Gasteiger partial charge in [-0.05, 0) is 6.07 Å². The Morgan fingerprint density at radius 3 is 3.00 bits per heavy atom. The summed E-state index contributed by atoms with van der Waals surface area (Å²) in [5.74, 6) is -0.655. The molecule has 0 spiro atoms. The summed E-state index contributed by atoms with van der Waals surface area (Å²) in [6.45, 7) is 0. The van der Waals surface area contributed by atoms with E-state index >= 15 is 0 Å². The summed E-state index contributed by atoms with van der Waals surface area (Å²) in [6, 6.07) is 1.78. The van der Waals surface area contributed by atoms with Crippen molar-refractivity contribution >= 4 is 5.97 Å². The van der Waals surface area contributed by atoms with E-state index in [2.05, 4.69) is 14.8 Å². The molecule has 0 N–H and O–H groups in total. The Balaban J connectivity index is 2.36. The number of nitrogens with zero attached hydrogens (tertiary/aromatic N) is 3. The van der Waals surface area contributed by atoms with Gasteiger partial charge in [0.2, 0.25) is 0 Å². The van der Waals surface area contributed by atoms with Crippen LogP contribution in [0.3, 0.4) is 0 Å². The lowest BCUT2D eigenvalue weighted by molar-refractivity contribution is 0.0556. The second kappa shape index (κ2) is 3.56. The highest BCUT2D eigenvalue weighted by Crippen LogP contribution is 2.17. The molecule has 78 valence electrons. The van der Waals surface area contributed by atoms with Gasteiger partial charge in [-0.25, -0.2) is 9.78 Å². The Morgan fingerprint density at radius 1 is 1.60 bits per heavy atom. The molecule has 2 aromatic heterocycles. The molecular formula is C9H9N3O3. The van der Waals surface area contributed by atoms with Gasteiger partial charge < -0.3 is 9.15 Å². The van der Waals surface area contributed by atoms with E-state index in [1.807, 2.05) is 0 Å². The molecule has 0 aliphatic heterocycles. The largest absolute Gasteiger partial charge is 0.462 e. The summed E-state index contributed by atoms with van der Waals surface area (Å²) in [5.41, 5.74) is 1.32. The third-order valence-corrected chi connectivity index (χ3v) is 1.95. The van der Waals surface area contributed by atoms with Crippen LogP contribution >= 0.6 is 0 Å². The average Bonchev–Trinajstić information content (AvgIpc) is 2.84. The Kier molecular flexibility index (Phi) is 2.24. The molecule has 2 rings (SSSR count). The van der Waals surface area contributed by atoms with Crippen molar-refractivity contribution < 1.29 is 13.9 Å². The minimum Gasteiger partial charge on any atom is -0.462 e. The fourth-order valence-electron chi connectivity index (χ4n) is 1.20. The maximum atomic E-state index is 11.1.